The molecule has 0 saturated carbocycles. The molecular weight excluding hydrogens is 226 g/mol. The minimum Gasteiger partial charge on any atom is -0.392 e. The van der Waals surface area contributed by atoms with Crippen molar-refractivity contribution in [3.63, 3.8) is 0 Å². The van der Waals surface area contributed by atoms with Gasteiger partial charge in [-0.15, -0.1) is 11.3 Å². The minimum atomic E-state index is -0.282. The second-order valence-electron chi connectivity index (χ2n) is 4.02. The third kappa shape index (κ3) is 3.01. The molecule has 1 aliphatic heterocycles. The molecule has 5 nitrogen and oxygen atoms in total. The number of hydrogen-bond donors (Lipinski definition) is 2. The van der Waals surface area contributed by atoms with Gasteiger partial charge in [0.25, 0.3) is 0 Å². The number of aliphatic hydroxyl groups excluding tert-OH is 1. The summed E-state index contributed by atoms with van der Waals surface area (Å²) >= 11 is 1.43. The van der Waals surface area contributed by atoms with Crippen molar-refractivity contribution in [2.24, 2.45) is 0 Å². The number of hydrogen-bond acceptors (Lipinski definition) is 5. The smallest absolute Gasteiger partial charge is 0.240 e. The SMILES string of the molecule is Cc1csc(NC(=O)CN2CCC(O)C2)n1. The molecule has 6 heteroatoms. The van der Waals surface area contributed by atoms with Gasteiger partial charge in [0.1, 0.15) is 0 Å². The molecule has 1 aromatic rings. The van der Waals surface area contributed by atoms with Crippen molar-refractivity contribution >= 4 is 22.4 Å². The van der Waals surface area contributed by atoms with Crippen molar-refractivity contribution in [1.82, 2.24) is 9.88 Å². The lowest BCUT2D eigenvalue weighted by atomic mass is 10.3. The molecule has 1 aliphatic rings. The molecule has 2 N–H and O–H groups in total. The Kier molecular flexibility index (Phi) is 3.52. The van der Waals surface area contributed by atoms with Crippen molar-refractivity contribution < 1.29 is 9.90 Å². The van der Waals surface area contributed by atoms with E-state index in [9.17, 15) is 9.90 Å². The van der Waals surface area contributed by atoms with Crippen LogP contribution in [0.4, 0.5) is 5.13 Å². The molecule has 0 bridgehead atoms. The molecule has 2 rings (SSSR count). The molecule has 0 radical (unpaired) electrons. The fourth-order valence-electron chi connectivity index (χ4n) is 1.73. The molecule has 16 heavy (non-hydrogen) atoms. The number of anilines is 1. The Morgan fingerprint density at radius 1 is 1.81 bits per heavy atom. The van der Waals surface area contributed by atoms with Gasteiger partial charge in [0.05, 0.1) is 18.3 Å². The Bertz CT molecular complexity index is 380. The summed E-state index contributed by atoms with van der Waals surface area (Å²) in [6.45, 7) is 3.59. The first-order chi connectivity index (χ1) is 7.63. The van der Waals surface area contributed by atoms with Gasteiger partial charge in [-0.1, -0.05) is 0 Å². The molecular formula is C10H15N3O2S. The van der Waals surface area contributed by atoms with E-state index in [1.54, 1.807) is 0 Å². The summed E-state index contributed by atoms with van der Waals surface area (Å²) in [6.07, 6.45) is 0.471. The standard InChI is InChI=1S/C10H15N3O2S/c1-7-6-16-10(11-7)12-9(15)5-13-3-2-8(14)4-13/h6,8,14H,2-5H2,1H3,(H,11,12,15). The summed E-state index contributed by atoms with van der Waals surface area (Å²) in [4.78, 5) is 17.7. The van der Waals surface area contributed by atoms with E-state index in [-0.39, 0.29) is 12.0 Å². The Morgan fingerprint density at radius 2 is 2.62 bits per heavy atom. The molecule has 88 valence electrons. The lowest BCUT2D eigenvalue weighted by Crippen LogP contribution is -2.32. The van der Waals surface area contributed by atoms with Crippen LogP contribution in [0.15, 0.2) is 5.38 Å². The van der Waals surface area contributed by atoms with Crippen molar-refractivity contribution in [1.29, 1.82) is 0 Å². The van der Waals surface area contributed by atoms with Crippen LogP contribution < -0.4 is 5.32 Å². The average Bonchev–Trinajstić information content (AvgIpc) is 2.76. The Hall–Kier alpha value is -0.980. The molecule has 1 amide bonds. The highest BCUT2D eigenvalue weighted by atomic mass is 32.1. The Morgan fingerprint density at radius 3 is 3.19 bits per heavy atom. The van der Waals surface area contributed by atoms with E-state index in [0.29, 0.717) is 18.2 Å². The van der Waals surface area contributed by atoms with Gasteiger partial charge >= 0.3 is 0 Å². The number of nitrogens with zero attached hydrogens (tertiary/aromatic N) is 2. The van der Waals surface area contributed by atoms with Crippen LogP contribution in [0.3, 0.4) is 0 Å². The van der Waals surface area contributed by atoms with Crippen LogP contribution in [0.25, 0.3) is 0 Å². The zero-order chi connectivity index (χ0) is 11.5. The first kappa shape index (κ1) is 11.5. The molecule has 1 saturated heterocycles. The monoisotopic (exact) mass is 241 g/mol. The van der Waals surface area contributed by atoms with Crippen LogP contribution in [0.2, 0.25) is 0 Å². The highest BCUT2D eigenvalue weighted by Gasteiger charge is 2.22. The van der Waals surface area contributed by atoms with Crippen molar-refractivity contribution in [2.75, 3.05) is 25.0 Å². The van der Waals surface area contributed by atoms with E-state index < -0.39 is 0 Å². The zero-order valence-corrected chi connectivity index (χ0v) is 9.96. The van der Waals surface area contributed by atoms with E-state index in [1.807, 2.05) is 17.2 Å². The van der Waals surface area contributed by atoms with E-state index >= 15 is 0 Å². The fourth-order valence-corrected chi connectivity index (χ4v) is 2.43. The van der Waals surface area contributed by atoms with Gasteiger partial charge in [-0.25, -0.2) is 4.98 Å². The van der Waals surface area contributed by atoms with Gasteiger partial charge in [-0.3, -0.25) is 9.69 Å². The minimum absolute atomic E-state index is 0.0662. The van der Waals surface area contributed by atoms with Gasteiger partial charge in [-0.05, 0) is 13.3 Å². The van der Waals surface area contributed by atoms with Gasteiger partial charge in [0, 0.05) is 18.5 Å². The van der Waals surface area contributed by atoms with Gasteiger partial charge in [0.15, 0.2) is 5.13 Å². The predicted octanol–water partition coefficient (Wildman–Crippen LogP) is 0.457. The number of carbonyl (C=O) groups is 1. The maximum Gasteiger partial charge on any atom is 0.240 e. The highest BCUT2D eigenvalue weighted by Crippen LogP contribution is 2.14. The lowest BCUT2D eigenvalue weighted by Gasteiger charge is -2.13. The third-order valence-corrected chi connectivity index (χ3v) is 3.36. The maximum atomic E-state index is 11.6. The largest absolute Gasteiger partial charge is 0.392 e. The normalized spacial score (nSPS) is 21.2. The predicted molar refractivity (Wildman–Crippen MR) is 62.5 cm³/mol. The number of β-amino-alcohol motifs (C(OH)–C–C–N with tert-alkyl or cyclic N) is 1. The Labute approximate surface area is 98.1 Å². The first-order valence-corrected chi connectivity index (χ1v) is 6.14. The van der Waals surface area contributed by atoms with Crippen LogP contribution >= 0.6 is 11.3 Å². The second kappa shape index (κ2) is 4.90. The second-order valence-corrected chi connectivity index (χ2v) is 4.88. The number of aryl methyl sites for hydroxylation is 1. The summed E-state index contributed by atoms with van der Waals surface area (Å²) in [5.41, 5.74) is 0.914. The molecule has 1 atom stereocenters. The number of thiazole rings is 1. The van der Waals surface area contributed by atoms with Crippen molar-refractivity contribution in [2.45, 2.75) is 19.4 Å². The van der Waals surface area contributed by atoms with Crippen LogP contribution in [-0.2, 0) is 4.79 Å². The molecule has 0 aliphatic carbocycles. The Balaban J connectivity index is 1.80. The summed E-state index contributed by atoms with van der Waals surface area (Å²) < 4.78 is 0. The quantitative estimate of drug-likeness (QED) is 0.806. The van der Waals surface area contributed by atoms with E-state index in [2.05, 4.69) is 10.3 Å². The maximum absolute atomic E-state index is 11.6. The molecule has 1 unspecified atom stereocenters. The number of aliphatic hydroxyl groups is 1. The third-order valence-electron chi connectivity index (χ3n) is 2.48. The van der Waals surface area contributed by atoms with E-state index in [0.717, 1.165) is 18.7 Å². The number of amides is 1. The van der Waals surface area contributed by atoms with Gasteiger partial charge < -0.3 is 10.4 Å². The fraction of sp³-hybridized carbons (Fsp3) is 0.600. The van der Waals surface area contributed by atoms with E-state index in [4.69, 9.17) is 0 Å². The first-order valence-electron chi connectivity index (χ1n) is 5.26. The summed E-state index contributed by atoms with van der Waals surface area (Å²) in [7, 11) is 0. The number of rotatable bonds is 3. The zero-order valence-electron chi connectivity index (χ0n) is 9.14. The van der Waals surface area contributed by atoms with Crippen LogP contribution in [-0.4, -0.2) is 46.6 Å². The molecule has 2 heterocycles. The number of carbonyl (C=O) groups excluding carboxylic acids is 1. The van der Waals surface area contributed by atoms with Gasteiger partial charge in [-0.2, -0.15) is 0 Å². The van der Waals surface area contributed by atoms with Crippen LogP contribution in [0.1, 0.15) is 12.1 Å². The van der Waals surface area contributed by atoms with Crippen molar-refractivity contribution in [3.8, 4) is 0 Å². The van der Waals surface area contributed by atoms with Crippen LogP contribution in [0.5, 0.6) is 0 Å². The van der Waals surface area contributed by atoms with Crippen molar-refractivity contribution in [3.05, 3.63) is 11.1 Å². The lowest BCUT2D eigenvalue weighted by molar-refractivity contribution is -0.117. The molecule has 0 spiro atoms. The van der Waals surface area contributed by atoms with Gasteiger partial charge in [0.2, 0.25) is 5.91 Å². The van der Waals surface area contributed by atoms with E-state index in [1.165, 1.54) is 11.3 Å². The number of nitrogens with one attached hydrogen (secondary N) is 1. The summed E-state index contributed by atoms with van der Waals surface area (Å²) in [5, 5.41) is 14.6. The summed E-state index contributed by atoms with van der Waals surface area (Å²) in [5.74, 6) is -0.0662. The number of aromatic nitrogens is 1. The average molecular weight is 241 g/mol. The number of likely N-dealkylation sites (tertiary alicyclic amines) is 1. The molecule has 0 aromatic carbocycles. The topological polar surface area (TPSA) is 65.5 Å². The molecule has 1 aromatic heterocycles. The highest BCUT2D eigenvalue weighted by molar-refractivity contribution is 7.13. The summed E-state index contributed by atoms with van der Waals surface area (Å²) in [6, 6.07) is 0. The van der Waals surface area contributed by atoms with Crippen LogP contribution in [0, 0.1) is 6.92 Å². The molecule has 1 fully saturated rings.